The monoisotopic (exact) mass is 474 g/mol. The van der Waals surface area contributed by atoms with E-state index in [9.17, 15) is 0 Å². The van der Waals surface area contributed by atoms with Crippen molar-refractivity contribution in [1.29, 1.82) is 0 Å². The van der Waals surface area contributed by atoms with Crippen LogP contribution in [0.5, 0.6) is 0 Å². The molecule has 0 bridgehead atoms. The molecule has 1 atom stereocenters. The van der Waals surface area contributed by atoms with Gasteiger partial charge in [0.1, 0.15) is 0 Å². The minimum absolute atomic E-state index is 0. The number of rotatable bonds is 6. The van der Waals surface area contributed by atoms with Gasteiger partial charge in [-0.3, -0.25) is 9.89 Å². The normalized spacial score (nSPS) is 21.3. The summed E-state index contributed by atoms with van der Waals surface area (Å²) in [5.74, 6) is 0.828. The van der Waals surface area contributed by atoms with Crippen molar-refractivity contribution >= 4 is 29.9 Å². The molecule has 0 amide bonds. The lowest BCUT2D eigenvalue weighted by Crippen LogP contribution is -2.40. The fourth-order valence-corrected chi connectivity index (χ4v) is 3.28. The van der Waals surface area contributed by atoms with E-state index in [0.29, 0.717) is 6.10 Å². The molecule has 2 aliphatic heterocycles. The maximum Gasteiger partial charge on any atom is 0.191 e. The van der Waals surface area contributed by atoms with Crippen LogP contribution in [0.1, 0.15) is 24.0 Å². The SMILES string of the molecule is CN=C(NCc1cccc(CN2CCOCC2)c1)NCC1CCCO1.I. The van der Waals surface area contributed by atoms with Crippen LogP contribution in [-0.4, -0.2) is 63.5 Å². The van der Waals surface area contributed by atoms with E-state index >= 15 is 0 Å². The molecule has 2 heterocycles. The van der Waals surface area contributed by atoms with E-state index in [4.69, 9.17) is 9.47 Å². The minimum atomic E-state index is 0. The van der Waals surface area contributed by atoms with Gasteiger partial charge in [0.25, 0.3) is 0 Å². The Morgan fingerprint density at radius 2 is 2.00 bits per heavy atom. The second kappa shape index (κ2) is 11.7. The zero-order valence-electron chi connectivity index (χ0n) is 15.6. The fraction of sp³-hybridized carbons (Fsp3) is 0.632. The predicted octanol–water partition coefficient (Wildman–Crippen LogP) is 1.98. The van der Waals surface area contributed by atoms with Crippen molar-refractivity contribution in [3.05, 3.63) is 35.4 Å². The van der Waals surface area contributed by atoms with Gasteiger partial charge in [0, 0.05) is 46.4 Å². The molecule has 2 saturated heterocycles. The lowest BCUT2D eigenvalue weighted by Gasteiger charge is -2.26. The highest BCUT2D eigenvalue weighted by atomic mass is 127. The summed E-state index contributed by atoms with van der Waals surface area (Å²) in [6, 6.07) is 8.76. The predicted molar refractivity (Wildman–Crippen MR) is 115 cm³/mol. The van der Waals surface area contributed by atoms with Gasteiger partial charge in [0.2, 0.25) is 0 Å². The van der Waals surface area contributed by atoms with Crippen molar-refractivity contribution in [2.24, 2.45) is 4.99 Å². The quantitative estimate of drug-likeness (QED) is 0.375. The summed E-state index contributed by atoms with van der Waals surface area (Å²) in [6.07, 6.45) is 2.61. The van der Waals surface area contributed by atoms with Gasteiger partial charge in [-0.1, -0.05) is 24.3 Å². The second-order valence-corrected chi connectivity index (χ2v) is 6.65. The first-order valence-corrected chi connectivity index (χ1v) is 9.27. The maximum absolute atomic E-state index is 5.64. The van der Waals surface area contributed by atoms with E-state index in [1.54, 1.807) is 7.05 Å². The van der Waals surface area contributed by atoms with E-state index in [-0.39, 0.29) is 24.0 Å². The highest BCUT2D eigenvalue weighted by molar-refractivity contribution is 14.0. The van der Waals surface area contributed by atoms with Crippen molar-refractivity contribution in [3.63, 3.8) is 0 Å². The molecule has 26 heavy (non-hydrogen) atoms. The van der Waals surface area contributed by atoms with Gasteiger partial charge in [-0.2, -0.15) is 0 Å². The first kappa shape index (κ1) is 21.4. The summed E-state index contributed by atoms with van der Waals surface area (Å²) in [6.45, 7) is 7.17. The molecule has 0 aliphatic carbocycles. The number of halogens is 1. The Morgan fingerprint density at radius 3 is 2.73 bits per heavy atom. The summed E-state index contributed by atoms with van der Waals surface area (Å²) in [4.78, 5) is 6.74. The third-order valence-corrected chi connectivity index (χ3v) is 4.71. The van der Waals surface area contributed by atoms with Gasteiger partial charge in [-0.15, -0.1) is 24.0 Å². The van der Waals surface area contributed by atoms with Crippen molar-refractivity contribution < 1.29 is 9.47 Å². The number of nitrogens with one attached hydrogen (secondary N) is 2. The molecule has 2 N–H and O–H groups in total. The smallest absolute Gasteiger partial charge is 0.191 e. The molecule has 6 nitrogen and oxygen atoms in total. The number of hydrogen-bond acceptors (Lipinski definition) is 4. The first-order chi connectivity index (χ1) is 12.3. The molecule has 1 aromatic rings. The average molecular weight is 474 g/mol. The highest BCUT2D eigenvalue weighted by Crippen LogP contribution is 2.11. The molecule has 0 radical (unpaired) electrons. The summed E-state index contributed by atoms with van der Waals surface area (Å²) in [5.41, 5.74) is 2.62. The molecule has 0 aromatic heterocycles. The van der Waals surface area contributed by atoms with E-state index in [1.807, 2.05) is 0 Å². The average Bonchev–Trinajstić information content (AvgIpc) is 3.17. The van der Waals surface area contributed by atoms with Gasteiger partial charge < -0.3 is 20.1 Å². The lowest BCUT2D eigenvalue weighted by atomic mass is 10.1. The number of hydrogen-bond donors (Lipinski definition) is 2. The molecule has 7 heteroatoms. The molecule has 0 spiro atoms. The zero-order chi connectivity index (χ0) is 17.3. The standard InChI is InChI=1S/C19H30N4O2.HI/c1-20-19(22-14-18-6-3-9-25-18)21-13-16-4-2-5-17(12-16)15-23-7-10-24-11-8-23;/h2,4-5,12,18H,3,6-11,13-15H2,1H3,(H2,20,21,22);1H. The molecule has 2 fully saturated rings. The van der Waals surface area contributed by atoms with E-state index in [2.05, 4.69) is 44.8 Å². The zero-order valence-corrected chi connectivity index (χ0v) is 17.9. The van der Waals surface area contributed by atoms with Gasteiger partial charge in [0.15, 0.2) is 5.96 Å². The number of guanidine groups is 1. The van der Waals surface area contributed by atoms with Gasteiger partial charge >= 0.3 is 0 Å². The minimum Gasteiger partial charge on any atom is -0.379 e. The molecular weight excluding hydrogens is 443 g/mol. The number of aliphatic imine (C=N–C) groups is 1. The summed E-state index contributed by atoms with van der Waals surface area (Å²) < 4.78 is 11.1. The first-order valence-electron chi connectivity index (χ1n) is 9.27. The van der Waals surface area contributed by atoms with Crippen LogP contribution in [0.2, 0.25) is 0 Å². The Morgan fingerprint density at radius 1 is 1.19 bits per heavy atom. The molecular formula is C19H31IN4O2. The summed E-state index contributed by atoms with van der Waals surface area (Å²) in [5, 5.41) is 6.74. The number of benzene rings is 1. The van der Waals surface area contributed by atoms with E-state index < -0.39 is 0 Å². The molecule has 2 aliphatic rings. The molecule has 1 unspecified atom stereocenters. The fourth-order valence-electron chi connectivity index (χ4n) is 3.28. The Hall–Kier alpha value is -0.900. The van der Waals surface area contributed by atoms with Crippen LogP contribution < -0.4 is 10.6 Å². The molecule has 0 saturated carbocycles. The van der Waals surface area contributed by atoms with E-state index in [0.717, 1.165) is 71.3 Å². The maximum atomic E-state index is 5.64. The van der Waals surface area contributed by atoms with Crippen molar-refractivity contribution in [2.45, 2.75) is 32.0 Å². The highest BCUT2D eigenvalue weighted by Gasteiger charge is 2.15. The van der Waals surface area contributed by atoms with Crippen molar-refractivity contribution in [1.82, 2.24) is 15.5 Å². The van der Waals surface area contributed by atoms with E-state index in [1.165, 1.54) is 11.1 Å². The molecule has 3 rings (SSSR count). The Labute approximate surface area is 173 Å². The second-order valence-electron chi connectivity index (χ2n) is 6.65. The number of nitrogens with zero attached hydrogens (tertiary/aromatic N) is 2. The van der Waals surface area contributed by atoms with Crippen LogP contribution in [0.25, 0.3) is 0 Å². The van der Waals surface area contributed by atoms with Crippen LogP contribution in [-0.2, 0) is 22.6 Å². The van der Waals surface area contributed by atoms with Crippen LogP contribution >= 0.6 is 24.0 Å². The Bertz CT molecular complexity index is 558. The van der Waals surface area contributed by atoms with Crippen LogP contribution in [0.4, 0.5) is 0 Å². The largest absolute Gasteiger partial charge is 0.379 e. The van der Waals surface area contributed by atoms with Crippen LogP contribution in [0.3, 0.4) is 0 Å². The Balaban J connectivity index is 0.00000243. The van der Waals surface area contributed by atoms with Gasteiger partial charge in [-0.05, 0) is 24.0 Å². The lowest BCUT2D eigenvalue weighted by molar-refractivity contribution is 0.0342. The van der Waals surface area contributed by atoms with Crippen LogP contribution in [0, 0.1) is 0 Å². The van der Waals surface area contributed by atoms with Crippen molar-refractivity contribution in [3.8, 4) is 0 Å². The summed E-state index contributed by atoms with van der Waals surface area (Å²) >= 11 is 0. The van der Waals surface area contributed by atoms with Gasteiger partial charge in [0.05, 0.1) is 19.3 Å². The number of ether oxygens (including phenoxy) is 2. The van der Waals surface area contributed by atoms with Crippen molar-refractivity contribution in [2.75, 3.05) is 46.5 Å². The molecule has 146 valence electrons. The van der Waals surface area contributed by atoms with Gasteiger partial charge in [-0.25, -0.2) is 0 Å². The molecule has 1 aromatic carbocycles. The third kappa shape index (κ3) is 7.02. The summed E-state index contributed by atoms with van der Waals surface area (Å²) in [7, 11) is 1.81. The van der Waals surface area contributed by atoms with Crippen LogP contribution in [0.15, 0.2) is 29.3 Å². The topological polar surface area (TPSA) is 58.1 Å². The Kier molecular flexibility index (Phi) is 9.66. The third-order valence-electron chi connectivity index (χ3n) is 4.71. The number of morpholine rings is 1.